The summed E-state index contributed by atoms with van der Waals surface area (Å²) in [6.45, 7) is 3.34. The molecule has 0 bridgehead atoms. The van der Waals surface area contributed by atoms with Crippen molar-refractivity contribution in [3.63, 3.8) is 0 Å². The summed E-state index contributed by atoms with van der Waals surface area (Å²) < 4.78 is 0. The Morgan fingerprint density at radius 1 is 1.37 bits per heavy atom. The fourth-order valence-electron chi connectivity index (χ4n) is 2.53. The van der Waals surface area contributed by atoms with Crippen molar-refractivity contribution in [1.29, 1.82) is 0 Å². The monoisotopic (exact) mass is 277 g/mol. The van der Waals surface area contributed by atoms with Gasteiger partial charge >= 0.3 is 0 Å². The summed E-state index contributed by atoms with van der Waals surface area (Å²) in [7, 11) is 0. The van der Waals surface area contributed by atoms with E-state index in [-0.39, 0.29) is 6.61 Å². The molecule has 0 spiro atoms. The van der Waals surface area contributed by atoms with Crippen LogP contribution < -0.4 is 4.90 Å². The maximum Gasteiger partial charge on any atom is 0.138 e. The van der Waals surface area contributed by atoms with Crippen LogP contribution in [0.25, 0.3) is 10.8 Å². The second kappa shape index (κ2) is 4.94. The van der Waals surface area contributed by atoms with Crippen molar-refractivity contribution >= 4 is 28.2 Å². The largest absolute Gasteiger partial charge is 0.396 e. The Hall–Kier alpha value is -1.39. The van der Waals surface area contributed by atoms with Crippen LogP contribution in [0.2, 0.25) is 5.15 Å². The minimum atomic E-state index is 0.107. The van der Waals surface area contributed by atoms with E-state index in [0.29, 0.717) is 17.6 Å². The fraction of sp³-hybridized carbons (Fsp3) is 0.429. The van der Waals surface area contributed by atoms with Crippen LogP contribution in [0.15, 0.2) is 18.5 Å². The molecule has 1 saturated heterocycles. The zero-order valence-electron chi connectivity index (χ0n) is 10.8. The summed E-state index contributed by atoms with van der Waals surface area (Å²) in [6.07, 6.45) is 5.41. The van der Waals surface area contributed by atoms with Crippen LogP contribution >= 0.6 is 11.6 Å². The second-order valence-electron chi connectivity index (χ2n) is 4.96. The van der Waals surface area contributed by atoms with Crippen LogP contribution in [0.4, 0.5) is 5.82 Å². The molecule has 0 aliphatic carbocycles. The third-order valence-electron chi connectivity index (χ3n) is 3.77. The number of rotatable bonds is 3. The van der Waals surface area contributed by atoms with E-state index in [0.717, 1.165) is 28.7 Å². The number of hydrogen-bond donors (Lipinski definition) is 1. The quantitative estimate of drug-likeness (QED) is 0.876. The van der Waals surface area contributed by atoms with Gasteiger partial charge in [0.2, 0.25) is 0 Å². The molecule has 0 amide bonds. The van der Waals surface area contributed by atoms with E-state index in [1.54, 1.807) is 6.20 Å². The second-order valence-corrected chi connectivity index (χ2v) is 5.35. The molecular weight excluding hydrogens is 262 g/mol. The molecular formula is C14H16ClN3O. The van der Waals surface area contributed by atoms with E-state index in [1.165, 1.54) is 6.42 Å². The molecule has 0 unspecified atom stereocenters. The van der Waals surface area contributed by atoms with Gasteiger partial charge < -0.3 is 10.0 Å². The number of nitrogens with zero attached hydrogens (tertiary/aromatic N) is 3. The van der Waals surface area contributed by atoms with Gasteiger partial charge in [0, 0.05) is 37.0 Å². The SMILES string of the molecule is C[C@H]1CCN1c1ncc(CCO)c2cc(Cl)ncc12. The first kappa shape index (κ1) is 12.6. The first-order chi connectivity index (χ1) is 9.20. The van der Waals surface area contributed by atoms with Crippen LogP contribution in [0.1, 0.15) is 18.9 Å². The highest BCUT2D eigenvalue weighted by atomic mass is 35.5. The van der Waals surface area contributed by atoms with Gasteiger partial charge in [0.1, 0.15) is 11.0 Å². The first-order valence-electron chi connectivity index (χ1n) is 6.51. The number of pyridine rings is 2. The Kier molecular flexibility index (Phi) is 3.29. The number of halogens is 1. The van der Waals surface area contributed by atoms with Crippen LogP contribution in [-0.2, 0) is 6.42 Å². The lowest BCUT2D eigenvalue weighted by Gasteiger charge is -2.40. The number of aliphatic hydroxyl groups excluding tert-OH is 1. The molecule has 0 aromatic carbocycles. The topological polar surface area (TPSA) is 49.2 Å². The molecule has 0 radical (unpaired) electrons. The third-order valence-corrected chi connectivity index (χ3v) is 3.98. The maximum atomic E-state index is 9.14. The summed E-state index contributed by atoms with van der Waals surface area (Å²) in [5.41, 5.74) is 1.01. The predicted molar refractivity (Wildman–Crippen MR) is 76.8 cm³/mol. The van der Waals surface area contributed by atoms with Crippen LogP contribution in [0, 0.1) is 0 Å². The van der Waals surface area contributed by atoms with Gasteiger partial charge in [-0.2, -0.15) is 0 Å². The van der Waals surface area contributed by atoms with Crippen LogP contribution in [0.3, 0.4) is 0 Å². The van der Waals surface area contributed by atoms with Gasteiger partial charge in [0.05, 0.1) is 0 Å². The van der Waals surface area contributed by atoms with E-state index in [2.05, 4.69) is 21.8 Å². The zero-order chi connectivity index (χ0) is 13.4. The third kappa shape index (κ3) is 2.15. The molecule has 1 aliphatic rings. The Morgan fingerprint density at radius 2 is 2.21 bits per heavy atom. The van der Waals surface area contributed by atoms with Gasteiger partial charge in [-0.3, -0.25) is 0 Å². The number of aliphatic hydroxyl groups is 1. The zero-order valence-corrected chi connectivity index (χ0v) is 11.6. The van der Waals surface area contributed by atoms with E-state index in [4.69, 9.17) is 16.7 Å². The highest BCUT2D eigenvalue weighted by Crippen LogP contribution is 2.33. The minimum Gasteiger partial charge on any atom is -0.396 e. The summed E-state index contributed by atoms with van der Waals surface area (Å²) in [6, 6.07) is 2.38. The smallest absolute Gasteiger partial charge is 0.138 e. The Morgan fingerprint density at radius 3 is 2.84 bits per heavy atom. The number of hydrogen-bond acceptors (Lipinski definition) is 4. The Labute approximate surface area is 117 Å². The number of fused-ring (bicyclic) bond motifs is 1. The molecule has 1 aliphatic heterocycles. The normalized spacial score (nSPS) is 18.7. The molecule has 1 N–H and O–H groups in total. The summed E-state index contributed by atoms with van der Waals surface area (Å²) in [4.78, 5) is 11.0. The summed E-state index contributed by atoms with van der Waals surface area (Å²) >= 11 is 5.99. The number of anilines is 1. The van der Waals surface area contributed by atoms with Crippen molar-refractivity contribution in [3.05, 3.63) is 29.2 Å². The summed E-state index contributed by atoms with van der Waals surface area (Å²) in [5.74, 6) is 0.972. The van der Waals surface area contributed by atoms with Gasteiger partial charge in [0.25, 0.3) is 0 Å². The van der Waals surface area contributed by atoms with Gasteiger partial charge in [-0.05, 0) is 36.8 Å². The maximum absolute atomic E-state index is 9.14. The van der Waals surface area contributed by atoms with E-state index < -0.39 is 0 Å². The van der Waals surface area contributed by atoms with E-state index >= 15 is 0 Å². The standard InChI is InChI=1S/C14H16ClN3O/c1-9-2-4-18(9)14-12-8-16-13(15)6-11(12)10(3-5-19)7-17-14/h6-9,19H,2-5H2,1H3/t9-/m0/s1. The minimum absolute atomic E-state index is 0.107. The van der Waals surface area contributed by atoms with Crippen molar-refractivity contribution in [3.8, 4) is 0 Å². The van der Waals surface area contributed by atoms with Crippen molar-refractivity contribution in [2.75, 3.05) is 18.1 Å². The molecule has 5 heteroatoms. The lowest BCUT2D eigenvalue weighted by atomic mass is 10.0. The lowest BCUT2D eigenvalue weighted by Crippen LogP contribution is -2.46. The van der Waals surface area contributed by atoms with E-state index in [9.17, 15) is 0 Å². The molecule has 19 heavy (non-hydrogen) atoms. The van der Waals surface area contributed by atoms with Crippen molar-refractivity contribution < 1.29 is 5.11 Å². The molecule has 3 rings (SSSR count). The molecule has 2 aromatic heterocycles. The van der Waals surface area contributed by atoms with Gasteiger partial charge in [-0.25, -0.2) is 9.97 Å². The highest BCUT2D eigenvalue weighted by Gasteiger charge is 2.26. The molecule has 0 saturated carbocycles. The Balaban J connectivity index is 2.17. The Bertz CT molecular complexity index is 617. The molecule has 3 heterocycles. The molecule has 1 atom stereocenters. The highest BCUT2D eigenvalue weighted by molar-refractivity contribution is 6.30. The average molecular weight is 278 g/mol. The number of aromatic nitrogens is 2. The van der Waals surface area contributed by atoms with E-state index in [1.807, 2.05) is 12.3 Å². The van der Waals surface area contributed by atoms with Crippen molar-refractivity contribution in [2.45, 2.75) is 25.8 Å². The van der Waals surface area contributed by atoms with Gasteiger partial charge in [-0.1, -0.05) is 11.6 Å². The fourth-order valence-corrected chi connectivity index (χ4v) is 2.69. The first-order valence-corrected chi connectivity index (χ1v) is 6.89. The van der Waals surface area contributed by atoms with Crippen molar-refractivity contribution in [1.82, 2.24) is 9.97 Å². The van der Waals surface area contributed by atoms with Crippen LogP contribution in [-0.4, -0.2) is 34.3 Å². The summed E-state index contributed by atoms with van der Waals surface area (Å²) in [5, 5.41) is 11.7. The molecule has 2 aromatic rings. The lowest BCUT2D eigenvalue weighted by molar-refractivity contribution is 0.300. The predicted octanol–water partition coefficient (Wildman–Crippen LogP) is 2.42. The van der Waals surface area contributed by atoms with Gasteiger partial charge in [-0.15, -0.1) is 0 Å². The van der Waals surface area contributed by atoms with Crippen LogP contribution in [0.5, 0.6) is 0 Å². The molecule has 100 valence electrons. The average Bonchev–Trinajstić information content (AvgIpc) is 2.39. The van der Waals surface area contributed by atoms with Gasteiger partial charge in [0.15, 0.2) is 0 Å². The van der Waals surface area contributed by atoms with Crippen molar-refractivity contribution in [2.24, 2.45) is 0 Å². The molecule has 4 nitrogen and oxygen atoms in total. The molecule has 1 fully saturated rings.